The molecule has 2 N–H and O–H groups in total. The maximum Gasteiger partial charge on any atom is 0.279 e. The van der Waals surface area contributed by atoms with Crippen LogP contribution in [0.2, 0.25) is 0 Å². The quantitative estimate of drug-likeness (QED) is 0.753. The summed E-state index contributed by atoms with van der Waals surface area (Å²) in [5.41, 5.74) is 0. The first kappa shape index (κ1) is 15.2. The Bertz CT molecular complexity index is 360. The summed E-state index contributed by atoms with van der Waals surface area (Å²) in [6, 6.07) is 0. The number of rotatable bonds is 5. The van der Waals surface area contributed by atoms with Gasteiger partial charge < -0.3 is 9.84 Å². The van der Waals surface area contributed by atoms with Crippen LogP contribution in [0.4, 0.5) is 0 Å². The number of ether oxygens (including phenoxy) is 1. The summed E-state index contributed by atoms with van der Waals surface area (Å²) < 4.78 is 33.9. The van der Waals surface area contributed by atoms with Gasteiger partial charge in [-0.1, -0.05) is 0 Å². The van der Waals surface area contributed by atoms with E-state index in [1.165, 1.54) is 4.31 Å². The van der Waals surface area contributed by atoms with Crippen molar-refractivity contribution in [2.75, 3.05) is 32.8 Å². The monoisotopic (exact) mass is 292 g/mol. The molecule has 0 radical (unpaired) electrons. The van der Waals surface area contributed by atoms with E-state index in [0.717, 1.165) is 38.7 Å². The van der Waals surface area contributed by atoms with E-state index in [-0.39, 0.29) is 18.6 Å². The third kappa shape index (κ3) is 4.39. The van der Waals surface area contributed by atoms with E-state index in [9.17, 15) is 8.42 Å². The van der Waals surface area contributed by atoms with Crippen LogP contribution in [0, 0.1) is 5.92 Å². The number of aliphatic hydroxyl groups is 1. The summed E-state index contributed by atoms with van der Waals surface area (Å²) >= 11 is 0. The highest BCUT2D eigenvalue weighted by molar-refractivity contribution is 7.87. The van der Waals surface area contributed by atoms with Crippen LogP contribution >= 0.6 is 0 Å². The molecule has 0 saturated carbocycles. The number of hydrogen-bond acceptors (Lipinski definition) is 4. The van der Waals surface area contributed by atoms with Gasteiger partial charge in [-0.3, -0.25) is 0 Å². The Morgan fingerprint density at radius 2 is 1.95 bits per heavy atom. The molecule has 6 nitrogen and oxygen atoms in total. The van der Waals surface area contributed by atoms with Crippen LogP contribution in [0.1, 0.15) is 32.1 Å². The molecule has 7 heteroatoms. The number of hydrogen-bond donors (Lipinski definition) is 2. The molecule has 0 amide bonds. The van der Waals surface area contributed by atoms with Crippen LogP contribution in [0.15, 0.2) is 0 Å². The molecule has 2 saturated heterocycles. The van der Waals surface area contributed by atoms with Gasteiger partial charge in [-0.15, -0.1) is 0 Å². The Balaban J connectivity index is 1.78. The molecule has 0 aromatic carbocycles. The van der Waals surface area contributed by atoms with Gasteiger partial charge in [-0.2, -0.15) is 17.4 Å². The molecule has 2 rings (SSSR count). The van der Waals surface area contributed by atoms with E-state index in [1.807, 2.05) is 0 Å². The lowest BCUT2D eigenvalue weighted by Gasteiger charge is -2.31. The van der Waals surface area contributed by atoms with Crippen molar-refractivity contribution in [2.45, 2.75) is 38.2 Å². The minimum Gasteiger partial charge on any atom is -0.396 e. The van der Waals surface area contributed by atoms with Gasteiger partial charge in [-0.05, 0) is 38.0 Å². The summed E-state index contributed by atoms with van der Waals surface area (Å²) in [5, 5.41) is 9.05. The first-order valence-corrected chi connectivity index (χ1v) is 8.53. The van der Waals surface area contributed by atoms with Crippen molar-refractivity contribution < 1.29 is 18.3 Å². The zero-order chi connectivity index (χ0) is 13.7. The molecule has 1 unspecified atom stereocenters. The molecule has 112 valence electrons. The average molecular weight is 292 g/mol. The Labute approximate surface area is 115 Å². The summed E-state index contributed by atoms with van der Waals surface area (Å²) in [4.78, 5) is 0. The molecule has 1 atom stereocenters. The van der Waals surface area contributed by atoms with E-state index in [1.54, 1.807) is 0 Å². The van der Waals surface area contributed by atoms with Gasteiger partial charge in [0.1, 0.15) is 0 Å². The lowest BCUT2D eigenvalue weighted by molar-refractivity contribution is 0.0197. The zero-order valence-electron chi connectivity index (χ0n) is 11.3. The first-order chi connectivity index (χ1) is 9.12. The van der Waals surface area contributed by atoms with Gasteiger partial charge in [0.05, 0.1) is 6.10 Å². The van der Waals surface area contributed by atoms with Gasteiger partial charge in [0.25, 0.3) is 10.2 Å². The Kier molecular flexibility index (Phi) is 5.58. The van der Waals surface area contributed by atoms with Crippen LogP contribution in [0.3, 0.4) is 0 Å². The standard InChI is InChI=1S/C12H24N2O4S/c15-10-11-4-6-14(7-5-11)19(16,17)13-9-12-3-1-2-8-18-12/h11-13,15H,1-10H2. The fourth-order valence-corrected chi connectivity index (χ4v) is 3.86. The zero-order valence-corrected chi connectivity index (χ0v) is 12.1. The number of aliphatic hydroxyl groups excluding tert-OH is 1. The lowest BCUT2D eigenvalue weighted by Crippen LogP contribution is -2.47. The maximum atomic E-state index is 12.1. The van der Waals surface area contributed by atoms with Gasteiger partial charge >= 0.3 is 0 Å². The molecule has 0 bridgehead atoms. The first-order valence-electron chi connectivity index (χ1n) is 7.09. The molecule has 0 aromatic heterocycles. The van der Waals surface area contributed by atoms with Crippen LogP contribution in [-0.2, 0) is 14.9 Å². The molecule has 2 aliphatic heterocycles. The van der Waals surface area contributed by atoms with Crippen LogP contribution in [-0.4, -0.2) is 56.8 Å². The summed E-state index contributed by atoms with van der Waals surface area (Å²) in [7, 11) is -3.39. The fourth-order valence-electron chi connectivity index (χ4n) is 2.59. The second-order valence-corrected chi connectivity index (χ2v) is 7.12. The van der Waals surface area contributed by atoms with Crippen molar-refractivity contribution >= 4 is 10.2 Å². The van der Waals surface area contributed by atoms with Gasteiger partial charge in [-0.25, -0.2) is 0 Å². The summed E-state index contributed by atoms with van der Waals surface area (Å²) in [5.74, 6) is 0.244. The minimum absolute atomic E-state index is 0.0125. The SMILES string of the molecule is O=S(=O)(NCC1CCCCO1)N1CCC(CO)CC1. The average Bonchev–Trinajstić information content (AvgIpc) is 2.46. The molecular formula is C12H24N2O4S. The fraction of sp³-hybridized carbons (Fsp3) is 1.00. The topological polar surface area (TPSA) is 78.9 Å². The Morgan fingerprint density at radius 3 is 2.53 bits per heavy atom. The van der Waals surface area contributed by atoms with Gasteiger partial charge in [0.2, 0.25) is 0 Å². The molecule has 2 aliphatic rings. The van der Waals surface area contributed by atoms with Crippen molar-refractivity contribution in [3.63, 3.8) is 0 Å². The van der Waals surface area contributed by atoms with Crippen molar-refractivity contribution in [3.8, 4) is 0 Å². The summed E-state index contributed by atoms with van der Waals surface area (Å²) in [6.45, 7) is 2.23. The maximum absolute atomic E-state index is 12.1. The third-order valence-corrected chi connectivity index (χ3v) is 5.52. The molecule has 0 spiro atoms. The van der Waals surface area contributed by atoms with Crippen molar-refractivity contribution in [1.82, 2.24) is 9.03 Å². The van der Waals surface area contributed by atoms with E-state index < -0.39 is 10.2 Å². The highest BCUT2D eigenvalue weighted by Gasteiger charge is 2.28. The molecule has 0 aliphatic carbocycles. The van der Waals surface area contributed by atoms with Crippen LogP contribution < -0.4 is 4.72 Å². The number of nitrogens with one attached hydrogen (secondary N) is 1. The van der Waals surface area contributed by atoms with Gasteiger partial charge in [0.15, 0.2) is 0 Å². The molecule has 0 aromatic rings. The Hall–Kier alpha value is -0.210. The third-order valence-electron chi connectivity index (χ3n) is 3.94. The van der Waals surface area contributed by atoms with Crippen LogP contribution in [0.25, 0.3) is 0 Å². The minimum atomic E-state index is -3.39. The van der Waals surface area contributed by atoms with Crippen molar-refractivity contribution in [3.05, 3.63) is 0 Å². The van der Waals surface area contributed by atoms with Crippen molar-refractivity contribution in [1.29, 1.82) is 0 Å². The van der Waals surface area contributed by atoms with Crippen molar-refractivity contribution in [2.24, 2.45) is 5.92 Å². The van der Waals surface area contributed by atoms with E-state index in [2.05, 4.69) is 4.72 Å². The molecular weight excluding hydrogens is 268 g/mol. The lowest BCUT2D eigenvalue weighted by atomic mass is 10.00. The number of nitrogens with zero attached hydrogens (tertiary/aromatic N) is 1. The second-order valence-electron chi connectivity index (χ2n) is 5.37. The van der Waals surface area contributed by atoms with E-state index in [4.69, 9.17) is 9.84 Å². The molecule has 2 heterocycles. The smallest absolute Gasteiger partial charge is 0.279 e. The normalized spacial score (nSPS) is 27.5. The van der Waals surface area contributed by atoms with Gasteiger partial charge in [0, 0.05) is 32.8 Å². The molecule has 19 heavy (non-hydrogen) atoms. The van der Waals surface area contributed by atoms with Crippen LogP contribution in [0.5, 0.6) is 0 Å². The number of piperidine rings is 1. The predicted molar refractivity (Wildman–Crippen MR) is 71.9 cm³/mol. The summed E-state index contributed by atoms with van der Waals surface area (Å²) in [6.07, 6.45) is 4.58. The van der Waals surface area contributed by atoms with E-state index >= 15 is 0 Å². The second kappa shape index (κ2) is 6.99. The largest absolute Gasteiger partial charge is 0.396 e. The van der Waals surface area contributed by atoms with E-state index in [0.29, 0.717) is 19.6 Å². The predicted octanol–water partition coefficient (Wildman–Crippen LogP) is 0.0942. The Morgan fingerprint density at radius 1 is 1.21 bits per heavy atom. The highest BCUT2D eigenvalue weighted by Crippen LogP contribution is 2.18. The molecule has 2 fully saturated rings. The highest BCUT2D eigenvalue weighted by atomic mass is 32.2.